The summed E-state index contributed by atoms with van der Waals surface area (Å²) < 4.78 is 0.354. The number of amides is 1. The second-order valence-corrected chi connectivity index (χ2v) is 5.64. The molecule has 0 spiro atoms. The Morgan fingerprint density at radius 2 is 2.36 bits per heavy atom. The Morgan fingerprint density at radius 1 is 1.57 bits per heavy atom. The van der Waals surface area contributed by atoms with Gasteiger partial charge in [0.1, 0.15) is 0 Å². The molecule has 82 valence electrons. The van der Waals surface area contributed by atoms with Gasteiger partial charge in [0.2, 0.25) is 5.91 Å². The molecule has 1 amide bonds. The quantitative estimate of drug-likeness (QED) is 0.720. The van der Waals surface area contributed by atoms with E-state index in [2.05, 4.69) is 17.6 Å². The summed E-state index contributed by atoms with van der Waals surface area (Å²) in [5.41, 5.74) is 0. The fourth-order valence-corrected chi connectivity index (χ4v) is 2.95. The van der Waals surface area contributed by atoms with Gasteiger partial charge in [0.05, 0.1) is 6.54 Å². The van der Waals surface area contributed by atoms with Gasteiger partial charge in [-0.1, -0.05) is 0 Å². The Hall–Kier alpha value is -0.220. The average molecular weight is 216 g/mol. The van der Waals surface area contributed by atoms with E-state index in [1.807, 2.05) is 18.7 Å². The van der Waals surface area contributed by atoms with Crippen LogP contribution in [0.1, 0.15) is 26.7 Å². The fourth-order valence-electron chi connectivity index (χ4n) is 1.68. The highest BCUT2D eigenvalue weighted by atomic mass is 32.2. The summed E-state index contributed by atoms with van der Waals surface area (Å²) in [4.78, 5) is 11.1. The van der Waals surface area contributed by atoms with Gasteiger partial charge in [-0.15, -0.1) is 0 Å². The van der Waals surface area contributed by atoms with Gasteiger partial charge >= 0.3 is 0 Å². The van der Waals surface area contributed by atoms with E-state index in [0.29, 0.717) is 17.8 Å². The lowest BCUT2D eigenvalue weighted by atomic mass is 10.1. The molecule has 0 aliphatic carbocycles. The first kappa shape index (κ1) is 11.9. The molecule has 3 nitrogen and oxygen atoms in total. The Morgan fingerprint density at radius 3 is 2.93 bits per heavy atom. The number of likely N-dealkylation sites (N-methyl/N-ethyl adjacent to an activating group) is 1. The van der Waals surface area contributed by atoms with Gasteiger partial charge in [0.25, 0.3) is 0 Å². The van der Waals surface area contributed by atoms with E-state index in [4.69, 9.17) is 0 Å². The lowest BCUT2D eigenvalue weighted by Crippen LogP contribution is -2.39. The molecule has 0 aromatic rings. The number of carbonyl (C=O) groups excluding carboxylic acids is 1. The van der Waals surface area contributed by atoms with Crippen molar-refractivity contribution in [1.29, 1.82) is 0 Å². The Kier molecular flexibility index (Phi) is 4.75. The van der Waals surface area contributed by atoms with Crippen molar-refractivity contribution in [2.45, 2.75) is 31.4 Å². The summed E-state index contributed by atoms with van der Waals surface area (Å²) in [6.45, 7) is 6.31. The van der Waals surface area contributed by atoms with Crippen LogP contribution in [0.25, 0.3) is 0 Å². The second kappa shape index (κ2) is 5.61. The zero-order valence-corrected chi connectivity index (χ0v) is 9.88. The summed E-state index contributed by atoms with van der Waals surface area (Å²) >= 11 is 2.02. The monoisotopic (exact) mass is 216 g/mol. The van der Waals surface area contributed by atoms with Crippen LogP contribution in [-0.4, -0.2) is 36.0 Å². The number of hydrogen-bond donors (Lipinski definition) is 2. The molecule has 1 aliphatic heterocycles. The van der Waals surface area contributed by atoms with Crippen molar-refractivity contribution in [2.24, 2.45) is 0 Å². The molecule has 1 saturated heterocycles. The lowest BCUT2D eigenvalue weighted by molar-refractivity contribution is -0.120. The highest BCUT2D eigenvalue weighted by Gasteiger charge is 2.28. The Balaban J connectivity index is 2.11. The molecule has 0 aromatic heterocycles. The van der Waals surface area contributed by atoms with Crippen LogP contribution in [-0.2, 0) is 4.79 Å². The van der Waals surface area contributed by atoms with Crippen LogP contribution in [0.5, 0.6) is 0 Å². The van der Waals surface area contributed by atoms with Gasteiger partial charge in [0, 0.05) is 17.8 Å². The predicted molar refractivity (Wildman–Crippen MR) is 61.7 cm³/mol. The van der Waals surface area contributed by atoms with E-state index in [1.165, 1.54) is 18.6 Å². The van der Waals surface area contributed by atoms with Crippen molar-refractivity contribution in [3.8, 4) is 0 Å². The molecule has 14 heavy (non-hydrogen) atoms. The Bertz CT molecular complexity index is 191. The molecule has 1 aliphatic rings. The van der Waals surface area contributed by atoms with Crippen molar-refractivity contribution >= 4 is 17.7 Å². The predicted octanol–water partition coefficient (Wildman–Crippen LogP) is 0.998. The van der Waals surface area contributed by atoms with Crippen LogP contribution >= 0.6 is 11.8 Å². The Labute approximate surface area is 90.4 Å². The SMILES string of the molecule is CCNC(=O)CNCC1(C)CCCS1. The second-order valence-electron chi connectivity index (χ2n) is 3.96. The average Bonchev–Trinajstić information content (AvgIpc) is 2.53. The third-order valence-corrected chi connectivity index (χ3v) is 4.00. The van der Waals surface area contributed by atoms with Crippen LogP contribution in [0.4, 0.5) is 0 Å². The first-order chi connectivity index (χ1) is 6.66. The van der Waals surface area contributed by atoms with Crippen molar-refractivity contribution in [3.63, 3.8) is 0 Å². The summed E-state index contributed by atoms with van der Waals surface area (Å²) in [5.74, 6) is 1.36. The number of nitrogens with one attached hydrogen (secondary N) is 2. The summed E-state index contributed by atoms with van der Waals surface area (Å²) in [6.07, 6.45) is 2.57. The normalized spacial score (nSPS) is 26.4. The van der Waals surface area contributed by atoms with Crippen LogP contribution in [0, 0.1) is 0 Å². The highest BCUT2D eigenvalue weighted by molar-refractivity contribution is 8.00. The van der Waals surface area contributed by atoms with E-state index in [-0.39, 0.29) is 5.91 Å². The largest absolute Gasteiger partial charge is 0.355 e. The zero-order valence-electron chi connectivity index (χ0n) is 9.06. The van der Waals surface area contributed by atoms with Crippen LogP contribution in [0.15, 0.2) is 0 Å². The lowest BCUT2D eigenvalue weighted by Gasteiger charge is -2.22. The minimum Gasteiger partial charge on any atom is -0.355 e. The maximum Gasteiger partial charge on any atom is 0.233 e. The number of rotatable bonds is 5. The van der Waals surface area contributed by atoms with Gasteiger partial charge in [-0.3, -0.25) is 4.79 Å². The van der Waals surface area contributed by atoms with Crippen molar-refractivity contribution in [2.75, 3.05) is 25.4 Å². The van der Waals surface area contributed by atoms with E-state index in [9.17, 15) is 4.79 Å². The summed E-state index contributed by atoms with van der Waals surface area (Å²) in [6, 6.07) is 0. The number of carbonyl (C=O) groups is 1. The van der Waals surface area contributed by atoms with Crippen LogP contribution in [0.2, 0.25) is 0 Å². The maximum atomic E-state index is 11.1. The minimum atomic E-state index is 0.0964. The molecular formula is C10H20N2OS. The molecule has 0 bridgehead atoms. The number of thioether (sulfide) groups is 1. The molecule has 1 rings (SSSR count). The van der Waals surface area contributed by atoms with Crippen molar-refractivity contribution in [3.05, 3.63) is 0 Å². The van der Waals surface area contributed by atoms with Gasteiger partial charge in [0.15, 0.2) is 0 Å². The van der Waals surface area contributed by atoms with Crippen molar-refractivity contribution in [1.82, 2.24) is 10.6 Å². The van der Waals surface area contributed by atoms with Gasteiger partial charge in [-0.2, -0.15) is 11.8 Å². The van der Waals surface area contributed by atoms with E-state index in [1.54, 1.807) is 0 Å². The first-order valence-corrected chi connectivity index (χ1v) is 6.26. The van der Waals surface area contributed by atoms with E-state index in [0.717, 1.165) is 6.54 Å². The molecule has 1 atom stereocenters. The van der Waals surface area contributed by atoms with Crippen LogP contribution < -0.4 is 10.6 Å². The summed E-state index contributed by atoms with van der Waals surface area (Å²) in [5, 5.41) is 5.99. The molecule has 1 fully saturated rings. The van der Waals surface area contributed by atoms with Gasteiger partial charge < -0.3 is 10.6 Å². The van der Waals surface area contributed by atoms with Crippen LogP contribution in [0.3, 0.4) is 0 Å². The van der Waals surface area contributed by atoms with Crippen molar-refractivity contribution < 1.29 is 4.79 Å². The van der Waals surface area contributed by atoms with E-state index < -0.39 is 0 Å². The standard InChI is InChI=1S/C10H20N2OS/c1-3-12-9(13)7-11-8-10(2)5-4-6-14-10/h11H,3-8H2,1-2H3,(H,12,13). The van der Waals surface area contributed by atoms with Gasteiger partial charge in [-0.05, 0) is 32.4 Å². The molecule has 0 radical (unpaired) electrons. The molecule has 4 heteroatoms. The molecule has 1 unspecified atom stereocenters. The third kappa shape index (κ3) is 3.88. The zero-order chi connectivity index (χ0) is 10.4. The minimum absolute atomic E-state index is 0.0964. The molecule has 0 aromatic carbocycles. The molecule has 0 saturated carbocycles. The third-order valence-electron chi connectivity index (χ3n) is 2.46. The molecule has 1 heterocycles. The fraction of sp³-hybridized carbons (Fsp3) is 0.900. The molecular weight excluding hydrogens is 196 g/mol. The topological polar surface area (TPSA) is 41.1 Å². The summed E-state index contributed by atoms with van der Waals surface area (Å²) in [7, 11) is 0. The highest BCUT2D eigenvalue weighted by Crippen LogP contribution is 2.36. The maximum absolute atomic E-state index is 11.1. The van der Waals surface area contributed by atoms with E-state index >= 15 is 0 Å². The first-order valence-electron chi connectivity index (χ1n) is 5.28. The molecule has 2 N–H and O–H groups in total. The number of hydrogen-bond acceptors (Lipinski definition) is 3. The van der Waals surface area contributed by atoms with Gasteiger partial charge in [-0.25, -0.2) is 0 Å². The smallest absolute Gasteiger partial charge is 0.233 e.